The van der Waals surface area contributed by atoms with E-state index in [0.29, 0.717) is 0 Å². The first-order valence-corrected chi connectivity index (χ1v) is 3.95. The van der Waals surface area contributed by atoms with Crippen LogP contribution in [0, 0.1) is 17.8 Å². The molecule has 2 aliphatic carbocycles. The molecule has 1 fully saturated rings. The van der Waals surface area contributed by atoms with Crippen LogP contribution >= 0.6 is 0 Å². The second-order valence-corrected chi connectivity index (χ2v) is 3.73. The van der Waals surface area contributed by atoms with Gasteiger partial charge in [0.1, 0.15) is 0 Å². The molecule has 3 unspecified atom stereocenters. The topological polar surface area (TPSA) is 0 Å². The lowest BCUT2D eigenvalue weighted by molar-refractivity contribution is 0.471. The van der Waals surface area contributed by atoms with Gasteiger partial charge in [-0.2, -0.15) is 0 Å². The third-order valence-corrected chi connectivity index (χ3v) is 3.00. The van der Waals surface area contributed by atoms with Crippen molar-refractivity contribution in [2.45, 2.75) is 26.7 Å². The largest absolute Gasteiger partial charge is 0.0822 e. The average Bonchev–Trinajstić information content (AvgIpc) is 2.22. The molecular weight excluding hydrogens is 108 g/mol. The van der Waals surface area contributed by atoms with Gasteiger partial charge >= 0.3 is 0 Å². The van der Waals surface area contributed by atoms with Crippen LogP contribution in [0.2, 0.25) is 0 Å². The molecule has 1 saturated carbocycles. The molecule has 0 nitrogen and oxygen atoms in total. The Labute approximate surface area is 57.0 Å². The minimum Gasteiger partial charge on any atom is -0.0822 e. The minimum atomic E-state index is 0.963. The molecule has 9 heavy (non-hydrogen) atoms. The zero-order chi connectivity index (χ0) is 6.43. The summed E-state index contributed by atoms with van der Waals surface area (Å²) in [5.74, 6) is 2.92. The number of hydrogen-bond donors (Lipinski definition) is 0. The Morgan fingerprint density at radius 1 is 1.44 bits per heavy atom. The molecule has 0 aliphatic heterocycles. The molecule has 3 atom stereocenters. The number of fused-ring (bicyclic) bond motifs is 2. The van der Waals surface area contributed by atoms with Crippen LogP contribution in [0.5, 0.6) is 0 Å². The van der Waals surface area contributed by atoms with Crippen molar-refractivity contribution in [3.05, 3.63) is 11.6 Å². The maximum Gasteiger partial charge on any atom is -0.0174 e. The third-order valence-electron chi connectivity index (χ3n) is 3.00. The Balaban J connectivity index is 2.27. The maximum absolute atomic E-state index is 2.48. The molecule has 0 spiro atoms. The fourth-order valence-corrected chi connectivity index (χ4v) is 2.56. The molecule has 0 heteroatoms. The van der Waals surface area contributed by atoms with Gasteiger partial charge in [-0.1, -0.05) is 18.6 Å². The molecule has 0 amide bonds. The summed E-state index contributed by atoms with van der Waals surface area (Å²) < 4.78 is 0. The third kappa shape index (κ3) is 0.654. The highest BCUT2D eigenvalue weighted by atomic mass is 14.4. The summed E-state index contributed by atoms with van der Waals surface area (Å²) in [4.78, 5) is 0. The lowest BCUT2D eigenvalue weighted by Crippen LogP contribution is -2.05. The summed E-state index contributed by atoms with van der Waals surface area (Å²) in [6.07, 6.45) is 5.40. The molecule has 2 aliphatic rings. The van der Waals surface area contributed by atoms with E-state index >= 15 is 0 Å². The Hall–Kier alpha value is -0.260. The Kier molecular flexibility index (Phi) is 0.992. The van der Waals surface area contributed by atoms with E-state index in [-0.39, 0.29) is 0 Å². The van der Waals surface area contributed by atoms with Crippen molar-refractivity contribution in [2.75, 3.05) is 0 Å². The van der Waals surface area contributed by atoms with Crippen molar-refractivity contribution in [3.63, 3.8) is 0 Å². The lowest BCUT2D eigenvalue weighted by atomic mass is 9.90. The molecule has 0 heterocycles. The summed E-state index contributed by atoms with van der Waals surface area (Å²) in [6, 6.07) is 0. The summed E-state index contributed by atoms with van der Waals surface area (Å²) in [7, 11) is 0. The molecule has 0 radical (unpaired) electrons. The van der Waals surface area contributed by atoms with E-state index in [2.05, 4.69) is 19.9 Å². The van der Waals surface area contributed by atoms with Gasteiger partial charge in [-0.15, -0.1) is 0 Å². The van der Waals surface area contributed by atoms with E-state index in [4.69, 9.17) is 0 Å². The van der Waals surface area contributed by atoms with Gasteiger partial charge in [-0.3, -0.25) is 0 Å². The first-order chi connectivity index (χ1) is 4.27. The van der Waals surface area contributed by atoms with Gasteiger partial charge in [0, 0.05) is 0 Å². The molecule has 2 bridgehead atoms. The van der Waals surface area contributed by atoms with Gasteiger partial charge < -0.3 is 0 Å². The monoisotopic (exact) mass is 122 g/mol. The fraction of sp³-hybridized carbons (Fsp3) is 0.778. The van der Waals surface area contributed by atoms with Crippen molar-refractivity contribution in [1.82, 2.24) is 0 Å². The van der Waals surface area contributed by atoms with Crippen LogP contribution in [0.1, 0.15) is 26.7 Å². The zero-order valence-electron chi connectivity index (χ0n) is 6.22. The van der Waals surface area contributed by atoms with Crippen LogP contribution in [-0.2, 0) is 0 Å². The maximum atomic E-state index is 2.48. The quantitative estimate of drug-likeness (QED) is 0.433. The predicted molar refractivity (Wildman–Crippen MR) is 39.1 cm³/mol. The van der Waals surface area contributed by atoms with Crippen LogP contribution < -0.4 is 0 Å². The predicted octanol–water partition coefficient (Wildman–Crippen LogP) is 2.61. The Morgan fingerprint density at radius 2 is 2.22 bits per heavy atom. The van der Waals surface area contributed by atoms with Gasteiger partial charge in [0.25, 0.3) is 0 Å². The first-order valence-electron chi connectivity index (χ1n) is 3.95. The highest BCUT2D eigenvalue weighted by molar-refractivity contribution is 5.18. The van der Waals surface area contributed by atoms with Gasteiger partial charge in [-0.25, -0.2) is 0 Å². The van der Waals surface area contributed by atoms with Crippen LogP contribution in [0.4, 0.5) is 0 Å². The number of rotatable bonds is 0. The average molecular weight is 122 g/mol. The van der Waals surface area contributed by atoms with E-state index in [1.165, 1.54) is 12.8 Å². The summed E-state index contributed by atoms with van der Waals surface area (Å²) in [6.45, 7) is 4.68. The van der Waals surface area contributed by atoms with Gasteiger partial charge in [-0.05, 0) is 37.5 Å². The summed E-state index contributed by atoms with van der Waals surface area (Å²) >= 11 is 0. The zero-order valence-corrected chi connectivity index (χ0v) is 6.22. The molecule has 2 rings (SSSR count). The minimum absolute atomic E-state index is 0.963. The van der Waals surface area contributed by atoms with Crippen molar-refractivity contribution in [2.24, 2.45) is 17.8 Å². The van der Waals surface area contributed by atoms with Crippen molar-refractivity contribution in [3.8, 4) is 0 Å². The highest BCUT2D eigenvalue weighted by Crippen LogP contribution is 2.46. The van der Waals surface area contributed by atoms with E-state index < -0.39 is 0 Å². The fourth-order valence-electron chi connectivity index (χ4n) is 2.56. The van der Waals surface area contributed by atoms with Gasteiger partial charge in [0.2, 0.25) is 0 Å². The summed E-state index contributed by atoms with van der Waals surface area (Å²) in [5.41, 5.74) is 1.67. The molecule has 0 saturated heterocycles. The SMILES string of the molecule is CC1=CC2CC(C)C1C2. The van der Waals surface area contributed by atoms with Crippen LogP contribution in [-0.4, -0.2) is 0 Å². The Morgan fingerprint density at radius 3 is 2.56 bits per heavy atom. The molecule has 0 aromatic heterocycles. The molecule has 0 aromatic carbocycles. The second kappa shape index (κ2) is 1.62. The van der Waals surface area contributed by atoms with Crippen LogP contribution in [0.15, 0.2) is 11.6 Å². The van der Waals surface area contributed by atoms with Gasteiger partial charge in [0.05, 0.1) is 0 Å². The highest BCUT2D eigenvalue weighted by Gasteiger charge is 2.35. The summed E-state index contributed by atoms with van der Waals surface area (Å²) in [5, 5.41) is 0. The molecule has 0 N–H and O–H groups in total. The lowest BCUT2D eigenvalue weighted by Gasteiger charge is -2.15. The Bertz CT molecular complexity index is 155. The van der Waals surface area contributed by atoms with Crippen LogP contribution in [0.25, 0.3) is 0 Å². The van der Waals surface area contributed by atoms with Crippen LogP contribution in [0.3, 0.4) is 0 Å². The van der Waals surface area contributed by atoms with Crippen molar-refractivity contribution < 1.29 is 0 Å². The normalized spacial score (nSPS) is 47.8. The molecule has 50 valence electrons. The first kappa shape index (κ1) is 5.52. The van der Waals surface area contributed by atoms with Crippen molar-refractivity contribution >= 4 is 0 Å². The standard InChI is InChI=1S/C9H14/c1-6-3-8-4-7(2)9(6)5-8/h3,7-9H,4-5H2,1-2H3. The smallest absolute Gasteiger partial charge is 0.0174 e. The van der Waals surface area contributed by atoms with Crippen molar-refractivity contribution in [1.29, 1.82) is 0 Å². The second-order valence-electron chi connectivity index (χ2n) is 3.73. The number of hydrogen-bond acceptors (Lipinski definition) is 0. The number of allylic oxidation sites excluding steroid dienone is 2. The van der Waals surface area contributed by atoms with E-state index in [9.17, 15) is 0 Å². The molecular formula is C9H14. The van der Waals surface area contributed by atoms with E-state index in [1.54, 1.807) is 5.57 Å². The molecule has 0 aromatic rings. The van der Waals surface area contributed by atoms with Gasteiger partial charge in [0.15, 0.2) is 0 Å². The van der Waals surface area contributed by atoms with E-state index in [1.807, 2.05) is 0 Å². The van der Waals surface area contributed by atoms with E-state index in [0.717, 1.165) is 17.8 Å².